The topological polar surface area (TPSA) is 77.0 Å². The summed E-state index contributed by atoms with van der Waals surface area (Å²) in [5, 5.41) is 4.69. The number of aryl methyl sites for hydroxylation is 1. The lowest BCUT2D eigenvalue weighted by Gasteiger charge is -2.45. The fourth-order valence-corrected chi connectivity index (χ4v) is 4.86. The second kappa shape index (κ2) is 6.90. The molecule has 0 spiro atoms. The Bertz CT molecular complexity index is 1120. The van der Waals surface area contributed by atoms with Gasteiger partial charge in [0.05, 0.1) is 29.3 Å². The van der Waals surface area contributed by atoms with Gasteiger partial charge in [0, 0.05) is 30.3 Å². The Morgan fingerprint density at radius 3 is 2.63 bits per heavy atom. The number of piperidine rings is 1. The summed E-state index contributed by atoms with van der Waals surface area (Å²) < 4.78 is 29.4. The SMILES string of the molecule is Cn1nc2c(c1-c1cc(F)cc(F)c1)C[C@H]1CCC[C@@H]2N1C(=O)c1ccc(N)cn1. The summed E-state index contributed by atoms with van der Waals surface area (Å²) in [6.45, 7) is 0. The molecule has 1 saturated heterocycles. The van der Waals surface area contributed by atoms with Gasteiger partial charge in [-0.1, -0.05) is 0 Å². The van der Waals surface area contributed by atoms with E-state index in [0.717, 1.165) is 36.6 Å². The van der Waals surface area contributed by atoms with Crippen LogP contribution in [-0.4, -0.2) is 31.6 Å². The van der Waals surface area contributed by atoms with Gasteiger partial charge < -0.3 is 10.6 Å². The van der Waals surface area contributed by atoms with Crippen molar-refractivity contribution in [3.05, 3.63) is 65.1 Å². The van der Waals surface area contributed by atoms with Crippen LogP contribution in [0.2, 0.25) is 0 Å². The third kappa shape index (κ3) is 2.94. The molecular weight excluding hydrogens is 388 g/mol. The molecule has 4 heterocycles. The van der Waals surface area contributed by atoms with Crippen molar-refractivity contribution >= 4 is 11.6 Å². The number of carbonyl (C=O) groups excluding carboxylic acids is 1. The van der Waals surface area contributed by atoms with Crippen LogP contribution in [0.4, 0.5) is 14.5 Å². The van der Waals surface area contributed by atoms with E-state index in [4.69, 9.17) is 5.73 Å². The van der Waals surface area contributed by atoms with Gasteiger partial charge in [0.25, 0.3) is 5.91 Å². The summed E-state index contributed by atoms with van der Waals surface area (Å²) in [6, 6.07) is 6.63. The maximum atomic E-state index is 13.9. The molecule has 154 valence electrons. The van der Waals surface area contributed by atoms with E-state index in [0.29, 0.717) is 29.1 Å². The van der Waals surface area contributed by atoms with E-state index in [2.05, 4.69) is 10.1 Å². The molecule has 2 bridgehead atoms. The molecule has 30 heavy (non-hydrogen) atoms. The van der Waals surface area contributed by atoms with Crippen molar-refractivity contribution in [1.29, 1.82) is 0 Å². The highest BCUT2D eigenvalue weighted by atomic mass is 19.1. The number of benzene rings is 1. The quantitative estimate of drug-likeness (QED) is 0.701. The number of nitrogens with zero attached hydrogens (tertiary/aromatic N) is 4. The molecule has 2 aromatic heterocycles. The Kier molecular flexibility index (Phi) is 4.30. The molecule has 0 saturated carbocycles. The molecular formula is C22H21F2N5O. The first-order valence-corrected chi connectivity index (χ1v) is 9.99. The molecule has 6 nitrogen and oxygen atoms in total. The number of amides is 1. The van der Waals surface area contributed by atoms with Gasteiger partial charge in [-0.25, -0.2) is 13.8 Å². The predicted molar refractivity (Wildman–Crippen MR) is 107 cm³/mol. The van der Waals surface area contributed by atoms with Crippen LogP contribution in [0.1, 0.15) is 47.1 Å². The average Bonchev–Trinajstić information content (AvgIpc) is 3.02. The van der Waals surface area contributed by atoms with Crippen LogP contribution in [0.5, 0.6) is 0 Å². The van der Waals surface area contributed by atoms with Crippen LogP contribution in [0.25, 0.3) is 11.3 Å². The van der Waals surface area contributed by atoms with Crippen molar-refractivity contribution in [2.24, 2.45) is 7.05 Å². The molecule has 2 N–H and O–H groups in total. The smallest absolute Gasteiger partial charge is 0.273 e. The molecule has 1 fully saturated rings. The minimum atomic E-state index is -0.623. The summed E-state index contributed by atoms with van der Waals surface area (Å²) in [4.78, 5) is 19.4. The van der Waals surface area contributed by atoms with Crippen LogP contribution in [0.15, 0.2) is 36.5 Å². The van der Waals surface area contributed by atoms with Crippen LogP contribution in [-0.2, 0) is 13.5 Å². The second-order valence-electron chi connectivity index (χ2n) is 7.99. The molecule has 2 aliphatic rings. The van der Waals surface area contributed by atoms with Crippen LogP contribution >= 0.6 is 0 Å². The standard InChI is InChI=1S/C22H21F2N5O/c1-28-21(12-7-13(23)9-14(24)8-12)17-10-16-3-2-4-19(20(17)27-28)29(16)22(30)18-6-5-15(25)11-26-18/h5-9,11,16,19H,2-4,10,25H2,1H3/t16-,19+/m1/s1. The van der Waals surface area contributed by atoms with Gasteiger partial charge in [0.2, 0.25) is 0 Å². The Hall–Kier alpha value is -3.29. The molecule has 1 amide bonds. The zero-order valence-corrected chi connectivity index (χ0v) is 16.5. The van der Waals surface area contributed by atoms with Gasteiger partial charge in [-0.15, -0.1) is 0 Å². The lowest BCUT2D eigenvalue weighted by molar-refractivity contribution is 0.0386. The number of aromatic nitrogens is 3. The number of carbonyl (C=O) groups is 1. The molecule has 8 heteroatoms. The summed E-state index contributed by atoms with van der Waals surface area (Å²) in [5.74, 6) is -1.39. The monoisotopic (exact) mass is 409 g/mol. The van der Waals surface area contributed by atoms with E-state index >= 15 is 0 Å². The molecule has 0 unspecified atom stereocenters. The van der Waals surface area contributed by atoms with Crippen LogP contribution in [0, 0.1) is 11.6 Å². The summed E-state index contributed by atoms with van der Waals surface area (Å²) in [7, 11) is 1.77. The first kappa shape index (κ1) is 18.7. The Morgan fingerprint density at radius 1 is 1.17 bits per heavy atom. The summed E-state index contributed by atoms with van der Waals surface area (Å²) >= 11 is 0. The van der Waals surface area contributed by atoms with Crippen molar-refractivity contribution in [3.63, 3.8) is 0 Å². The largest absolute Gasteiger partial charge is 0.397 e. The fraction of sp³-hybridized carbons (Fsp3) is 0.318. The molecule has 0 aliphatic carbocycles. The van der Waals surface area contributed by atoms with Gasteiger partial charge in [-0.2, -0.15) is 5.10 Å². The van der Waals surface area contributed by atoms with Gasteiger partial charge >= 0.3 is 0 Å². The van der Waals surface area contributed by atoms with Crippen molar-refractivity contribution in [2.75, 3.05) is 5.73 Å². The molecule has 5 rings (SSSR count). The Labute approximate surface area is 172 Å². The third-order valence-electron chi connectivity index (χ3n) is 6.05. The summed E-state index contributed by atoms with van der Waals surface area (Å²) in [5.41, 5.74) is 9.49. The highest BCUT2D eigenvalue weighted by Gasteiger charge is 2.43. The van der Waals surface area contributed by atoms with E-state index in [-0.39, 0.29) is 18.0 Å². The van der Waals surface area contributed by atoms with Gasteiger partial charge in [-0.05, 0) is 49.9 Å². The zero-order valence-electron chi connectivity index (χ0n) is 16.5. The van der Waals surface area contributed by atoms with Crippen LogP contribution < -0.4 is 5.73 Å². The lowest BCUT2D eigenvalue weighted by Crippen LogP contribution is -2.50. The predicted octanol–water partition coefficient (Wildman–Crippen LogP) is 3.63. The van der Waals surface area contributed by atoms with Crippen LogP contribution in [0.3, 0.4) is 0 Å². The number of hydrogen-bond donors (Lipinski definition) is 1. The number of anilines is 1. The summed E-state index contributed by atoms with van der Waals surface area (Å²) in [6.07, 6.45) is 4.72. The number of fused-ring (bicyclic) bond motifs is 4. The molecule has 3 aromatic rings. The molecule has 1 aromatic carbocycles. The first-order valence-electron chi connectivity index (χ1n) is 9.99. The average molecular weight is 409 g/mol. The number of nitrogen functional groups attached to an aromatic ring is 1. The van der Waals surface area contributed by atoms with Crippen molar-refractivity contribution in [2.45, 2.75) is 37.8 Å². The van der Waals surface area contributed by atoms with E-state index in [1.807, 2.05) is 4.90 Å². The molecule has 2 atom stereocenters. The Morgan fingerprint density at radius 2 is 1.93 bits per heavy atom. The van der Waals surface area contributed by atoms with Crippen molar-refractivity contribution in [3.8, 4) is 11.3 Å². The highest BCUT2D eigenvalue weighted by Crippen LogP contribution is 2.45. The zero-order chi connectivity index (χ0) is 21.0. The fourth-order valence-electron chi connectivity index (χ4n) is 4.86. The van der Waals surface area contributed by atoms with Crippen molar-refractivity contribution in [1.82, 2.24) is 19.7 Å². The maximum absolute atomic E-state index is 13.9. The third-order valence-corrected chi connectivity index (χ3v) is 6.05. The van der Waals surface area contributed by atoms with Gasteiger partial charge in [0.1, 0.15) is 17.3 Å². The first-order chi connectivity index (χ1) is 14.4. The van der Waals surface area contributed by atoms with Crippen molar-refractivity contribution < 1.29 is 13.6 Å². The lowest BCUT2D eigenvalue weighted by atomic mass is 9.81. The minimum absolute atomic E-state index is 0.00976. The number of halogens is 2. The van der Waals surface area contributed by atoms with E-state index in [1.54, 1.807) is 23.9 Å². The normalized spacial score (nSPS) is 20.2. The Balaban J connectivity index is 1.58. The van der Waals surface area contributed by atoms with E-state index in [1.165, 1.54) is 18.3 Å². The number of nitrogens with two attached hydrogens (primary N) is 1. The number of rotatable bonds is 2. The highest BCUT2D eigenvalue weighted by molar-refractivity contribution is 5.93. The van der Waals surface area contributed by atoms with Gasteiger partial charge in [-0.3, -0.25) is 9.48 Å². The minimum Gasteiger partial charge on any atom is -0.397 e. The molecule has 2 aliphatic heterocycles. The maximum Gasteiger partial charge on any atom is 0.273 e. The number of hydrogen-bond acceptors (Lipinski definition) is 4. The second-order valence-corrected chi connectivity index (χ2v) is 7.99. The van der Waals surface area contributed by atoms with E-state index < -0.39 is 11.6 Å². The number of pyridine rings is 1. The van der Waals surface area contributed by atoms with Gasteiger partial charge in [0.15, 0.2) is 0 Å². The molecule has 0 radical (unpaired) electrons. The van der Waals surface area contributed by atoms with E-state index in [9.17, 15) is 13.6 Å².